The van der Waals surface area contributed by atoms with Crippen molar-refractivity contribution in [1.82, 2.24) is 10.6 Å². The monoisotopic (exact) mass is 452 g/mol. The first-order chi connectivity index (χ1) is 15.9. The van der Waals surface area contributed by atoms with Crippen LogP contribution >= 0.6 is 0 Å². The molecule has 1 fully saturated rings. The van der Waals surface area contributed by atoms with Crippen molar-refractivity contribution in [3.63, 3.8) is 0 Å². The Morgan fingerprint density at radius 3 is 2.36 bits per heavy atom. The van der Waals surface area contributed by atoms with Crippen molar-refractivity contribution in [3.8, 4) is 11.1 Å². The summed E-state index contributed by atoms with van der Waals surface area (Å²) < 4.78 is 11.1. The van der Waals surface area contributed by atoms with Gasteiger partial charge in [-0.05, 0) is 35.6 Å². The van der Waals surface area contributed by atoms with E-state index in [2.05, 4.69) is 34.9 Å². The molecule has 8 nitrogen and oxygen atoms in total. The number of benzene rings is 2. The number of rotatable bonds is 7. The van der Waals surface area contributed by atoms with Crippen LogP contribution in [0.25, 0.3) is 11.1 Å². The van der Waals surface area contributed by atoms with Crippen LogP contribution in [0.4, 0.5) is 4.79 Å². The van der Waals surface area contributed by atoms with Crippen LogP contribution in [-0.4, -0.2) is 55.0 Å². The normalized spacial score (nSPS) is 20.3. The third-order valence-electron chi connectivity index (χ3n) is 6.32. The van der Waals surface area contributed by atoms with Crippen molar-refractivity contribution in [1.29, 1.82) is 0 Å². The molecule has 0 radical (unpaired) electrons. The number of hydrogen-bond acceptors (Lipinski definition) is 5. The SMILES string of the molecule is C[C@@H](NC(=O)CC1COCCC1NC(=O)OCC1c2ccccc2-c2ccccc21)C(=O)O. The second-order valence-corrected chi connectivity index (χ2v) is 8.53. The number of carboxylic acids is 1. The highest BCUT2D eigenvalue weighted by Crippen LogP contribution is 2.44. The lowest BCUT2D eigenvalue weighted by molar-refractivity contribution is -0.141. The average Bonchev–Trinajstić information content (AvgIpc) is 3.12. The number of aliphatic carboxylic acids is 1. The minimum Gasteiger partial charge on any atom is -0.480 e. The van der Waals surface area contributed by atoms with Crippen LogP contribution in [0.3, 0.4) is 0 Å². The molecule has 3 atom stereocenters. The number of alkyl carbamates (subject to hydrolysis) is 1. The molecule has 4 rings (SSSR count). The predicted molar refractivity (Wildman–Crippen MR) is 121 cm³/mol. The predicted octanol–water partition coefficient (Wildman–Crippen LogP) is 2.91. The maximum absolute atomic E-state index is 12.6. The van der Waals surface area contributed by atoms with Gasteiger partial charge >= 0.3 is 12.1 Å². The molecule has 0 spiro atoms. The van der Waals surface area contributed by atoms with Crippen molar-refractivity contribution in [2.75, 3.05) is 19.8 Å². The molecule has 0 aromatic heterocycles. The Labute approximate surface area is 192 Å². The van der Waals surface area contributed by atoms with E-state index in [4.69, 9.17) is 14.6 Å². The van der Waals surface area contributed by atoms with E-state index in [1.807, 2.05) is 24.3 Å². The highest BCUT2D eigenvalue weighted by atomic mass is 16.5. The van der Waals surface area contributed by atoms with Crippen molar-refractivity contribution in [2.24, 2.45) is 5.92 Å². The molecule has 1 heterocycles. The van der Waals surface area contributed by atoms with E-state index in [9.17, 15) is 14.4 Å². The van der Waals surface area contributed by atoms with E-state index in [0.717, 1.165) is 22.3 Å². The van der Waals surface area contributed by atoms with Crippen molar-refractivity contribution in [3.05, 3.63) is 59.7 Å². The van der Waals surface area contributed by atoms with Crippen LogP contribution in [0, 0.1) is 5.92 Å². The van der Waals surface area contributed by atoms with Gasteiger partial charge in [0.2, 0.25) is 5.91 Å². The van der Waals surface area contributed by atoms with Gasteiger partial charge in [-0.1, -0.05) is 48.5 Å². The standard InChI is InChI=1S/C25H28N2O6/c1-15(24(29)30)26-23(28)12-16-13-32-11-10-22(16)27-25(31)33-14-21-19-8-4-2-6-17(19)18-7-3-5-9-20(18)21/h2-9,15-16,21-22H,10-14H2,1H3,(H,26,28)(H,27,31)(H,29,30)/t15-,16?,22?/m1/s1. The van der Waals surface area contributed by atoms with E-state index >= 15 is 0 Å². The Morgan fingerprint density at radius 1 is 1.09 bits per heavy atom. The first-order valence-corrected chi connectivity index (χ1v) is 11.2. The quantitative estimate of drug-likeness (QED) is 0.595. The summed E-state index contributed by atoms with van der Waals surface area (Å²) in [7, 11) is 0. The molecule has 1 aliphatic heterocycles. The number of fused-ring (bicyclic) bond motifs is 3. The van der Waals surface area contributed by atoms with Crippen molar-refractivity contribution < 1.29 is 29.0 Å². The summed E-state index contributed by atoms with van der Waals surface area (Å²) in [5, 5.41) is 14.3. The van der Waals surface area contributed by atoms with Crippen LogP contribution < -0.4 is 10.6 Å². The zero-order chi connectivity index (χ0) is 23.4. The van der Waals surface area contributed by atoms with Gasteiger partial charge in [0.15, 0.2) is 0 Å². The lowest BCUT2D eigenvalue weighted by atomic mass is 9.92. The van der Waals surface area contributed by atoms with Crippen LogP contribution in [0.1, 0.15) is 36.8 Å². The Kier molecular flexibility index (Phi) is 6.93. The van der Waals surface area contributed by atoms with Gasteiger partial charge in [-0.15, -0.1) is 0 Å². The van der Waals surface area contributed by atoms with Gasteiger partial charge in [-0.25, -0.2) is 4.79 Å². The Bertz CT molecular complexity index is 994. The molecule has 2 amide bonds. The fourth-order valence-electron chi connectivity index (χ4n) is 4.58. The number of ether oxygens (including phenoxy) is 2. The highest BCUT2D eigenvalue weighted by molar-refractivity contribution is 5.83. The zero-order valence-electron chi connectivity index (χ0n) is 18.5. The Hall–Kier alpha value is -3.39. The number of hydrogen-bond donors (Lipinski definition) is 3. The fraction of sp³-hybridized carbons (Fsp3) is 0.400. The molecular weight excluding hydrogens is 424 g/mol. The van der Waals surface area contributed by atoms with Gasteiger partial charge in [0.1, 0.15) is 12.6 Å². The van der Waals surface area contributed by atoms with Gasteiger partial charge in [0, 0.05) is 30.9 Å². The van der Waals surface area contributed by atoms with E-state index in [-0.39, 0.29) is 36.8 Å². The molecule has 0 saturated carbocycles. The molecule has 2 aromatic carbocycles. The highest BCUT2D eigenvalue weighted by Gasteiger charge is 2.32. The number of nitrogens with one attached hydrogen (secondary N) is 2. The molecule has 2 aliphatic rings. The molecule has 1 saturated heterocycles. The Morgan fingerprint density at radius 2 is 1.73 bits per heavy atom. The fourth-order valence-corrected chi connectivity index (χ4v) is 4.58. The smallest absolute Gasteiger partial charge is 0.407 e. The maximum Gasteiger partial charge on any atom is 0.407 e. The van der Waals surface area contributed by atoms with E-state index < -0.39 is 18.1 Å². The van der Waals surface area contributed by atoms with Gasteiger partial charge in [0.05, 0.1) is 6.61 Å². The zero-order valence-corrected chi connectivity index (χ0v) is 18.5. The summed E-state index contributed by atoms with van der Waals surface area (Å²) in [6.45, 7) is 2.40. The van der Waals surface area contributed by atoms with E-state index in [0.29, 0.717) is 19.6 Å². The molecule has 1 aliphatic carbocycles. The number of carbonyl (C=O) groups excluding carboxylic acids is 2. The van der Waals surface area contributed by atoms with E-state index in [1.165, 1.54) is 6.92 Å². The third-order valence-corrected chi connectivity index (χ3v) is 6.32. The summed E-state index contributed by atoms with van der Waals surface area (Å²) in [5.74, 6) is -1.78. The van der Waals surface area contributed by atoms with Crippen molar-refractivity contribution in [2.45, 2.75) is 37.8 Å². The summed E-state index contributed by atoms with van der Waals surface area (Å²) >= 11 is 0. The van der Waals surface area contributed by atoms with Gasteiger partial charge in [-0.2, -0.15) is 0 Å². The van der Waals surface area contributed by atoms with E-state index in [1.54, 1.807) is 0 Å². The summed E-state index contributed by atoms with van der Waals surface area (Å²) in [6, 6.07) is 15.0. The molecule has 3 N–H and O–H groups in total. The van der Waals surface area contributed by atoms with Crippen molar-refractivity contribution >= 4 is 18.0 Å². The lowest BCUT2D eigenvalue weighted by Crippen LogP contribution is -2.48. The molecule has 8 heteroatoms. The first-order valence-electron chi connectivity index (χ1n) is 11.2. The minimum absolute atomic E-state index is 0.0306. The summed E-state index contributed by atoms with van der Waals surface area (Å²) in [5.41, 5.74) is 4.60. The first kappa shape index (κ1) is 22.8. The van der Waals surface area contributed by atoms with Crippen LogP contribution in [-0.2, 0) is 19.1 Å². The second-order valence-electron chi connectivity index (χ2n) is 8.53. The Balaban J connectivity index is 1.35. The van der Waals surface area contributed by atoms with Gasteiger partial charge < -0.3 is 25.2 Å². The van der Waals surface area contributed by atoms with Crippen LogP contribution in [0.2, 0.25) is 0 Å². The molecule has 174 valence electrons. The molecule has 2 aromatic rings. The van der Waals surface area contributed by atoms with Crippen LogP contribution in [0.15, 0.2) is 48.5 Å². The largest absolute Gasteiger partial charge is 0.480 e. The number of amides is 2. The topological polar surface area (TPSA) is 114 Å². The number of carboxylic acid groups (broad SMARTS) is 1. The lowest BCUT2D eigenvalue weighted by Gasteiger charge is -2.31. The summed E-state index contributed by atoms with van der Waals surface area (Å²) in [6.07, 6.45) is 0.0795. The summed E-state index contributed by atoms with van der Waals surface area (Å²) in [4.78, 5) is 35.8. The second kappa shape index (κ2) is 10.0. The molecular formula is C25H28N2O6. The van der Waals surface area contributed by atoms with Crippen LogP contribution in [0.5, 0.6) is 0 Å². The number of carbonyl (C=O) groups is 3. The average molecular weight is 453 g/mol. The minimum atomic E-state index is -1.10. The molecule has 2 unspecified atom stereocenters. The molecule has 0 bridgehead atoms. The third kappa shape index (κ3) is 5.17. The van der Waals surface area contributed by atoms with Gasteiger partial charge in [0.25, 0.3) is 0 Å². The van der Waals surface area contributed by atoms with Gasteiger partial charge in [-0.3, -0.25) is 9.59 Å². The molecule has 33 heavy (non-hydrogen) atoms. The maximum atomic E-state index is 12.6.